The molecule has 30 heavy (non-hydrogen) atoms. The minimum Gasteiger partial charge on any atom is -0.289 e. The second-order valence-electron chi connectivity index (χ2n) is 6.74. The Hall–Kier alpha value is -3.73. The summed E-state index contributed by atoms with van der Waals surface area (Å²) in [6.07, 6.45) is 1.36. The van der Waals surface area contributed by atoms with Gasteiger partial charge in [0.15, 0.2) is 11.6 Å². The van der Waals surface area contributed by atoms with Crippen LogP contribution in [0.25, 0.3) is 16.6 Å². The molecule has 0 saturated carbocycles. The van der Waals surface area contributed by atoms with Crippen LogP contribution in [0.4, 0.5) is 5.69 Å². The minimum absolute atomic E-state index is 0.000646. The third kappa shape index (κ3) is 2.59. The van der Waals surface area contributed by atoms with E-state index in [-0.39, 0.29) is 50.4 Å². The largest absolute Gasteiger partial charge is 0.332 e. The number of carbonyl (C=O) groups is 2. The molecule has 0 spiro atoms. The van der Waals surface area contributed by atoms with Crippen LogP contribution < -0.4 is 11.2 Å². The van der Waals surface area contributed by atoms with Crippen molar-refractivity contribution in [2.75, 3.05) is 0 Å². The van der Waals surface area contributed by atoms with E-state index in [1.165, 1.54) is 25.5 Å². The van der Waals surface area contributed by atoms with Crippen LogP contribution in [0.15, 0.2) is 27.1 Å². The highest BCUT2D eigenvalue weighted by atomic mass is 32.1. The maximum atomic E-state index is 13.3. The molecule has 152 valence electrons. The van der Waals surface area contributed by atoms with E-state index in [2.05, 4.69) is 4.98 Å². The number of aryl methyl sites for hydroxylation is 2. The van der Waals surface area contributed by atoms with Crippen LogP contribution in [0.2, 0.25) is 0 Å². The Morgan fingerprint density at radius 2 is 1.83 bits per heavy atom. The predicted octanol–water partition coefficient (Wildman–Crippen LogP) is 1.63. The van der Waals surface area contributed by atoms with Crippen LogP contribution in [0.1, 0.15) is 38.2 Å². The number of rotatable bonds is 3. The van der Waals surface area contributed by atoms with Crippen molar-refractivity contribution >= 4 is 45.2 Å². The van der Waals surface area contributed by atoms with Crippen molar-refractivity contribution in [2.24, 2.45) is 14.1 Å². The predicted molar refractivity (Wildman–Crippen MR) is 109 cm³/mol. The van der Waals surface area contributed by atoms with E-state index in [1.54, 1.807) is 6.92 Å². The number of ketones is 2. The van der Waals surface area contributed by atoms with Crippen molar-refractivity contribution in [3.05, 3.63) is 70.2 Å². The van der Waals surface area contributed by atoms with Crippen molar-refractivity contribution in [2.45, 2.75) is 13.3 Å². The number of nitro groups is 1. The lowest BCUT2D eigenvalue weighted by atomic mass is 9.85. The number of allylic oxidation sites excluding steroid dienone is 2. The van der Waals surface area contributed by atoms with E-state index in [9.17, 15) is 29.3 Å². The molecule has 0 amide bonds. The highest BCUT2D eigenvalue weighted by molar-refractivity contribution is 7.12. The SMILES string of the molecule is CCc1nc2c(c3c1C(=O)C(c1cc([N+](=O)[O-])cs1)=CC3=O)c(=O)n(C)c(=O)n2C. The Morgan fingerprint density at radius 1 is 1.13 bits per heavy atom. The monoisotopic (exact) mass is 426 g/mol. The van der Waals surface area contributed by atoms with E-state index in [0.29, 0.717) is 0 Å². The first kappa shape index (κ1) is 19.6. The number of nitrogens with zero attached hydrogens (tertiary/aromatic N) is 4. The van der Waals surface area contributed by atoms with Crippen LogP contribution in [-0.4, -0.2) is 30.6 Å². The number of thiophene rings is 1. The quantitative estimate of drug-likeness (QED) is 0.459. The highest BCUT2D eigenvalue weighted by Crippen LogP contribution is 2.36. The molecule has 0 aliphatic heterocycles. The molecule has 3 aromatic rings. The third-order valence-electron chi connectivity index (χ3n) is 5.05. The van der Waals surface area contributed by atoms with Gasteiger partial charge < -0.3 is 0 Å². The number of aromatic nitrogens is 3. The first-order valence-electron chi connectivity index (χ1n) is 8.84. The van der Waals surface area contributed by atoms with Crippen molar-refractivity contribution in [1.82, 2.24) is 14.1 Å². The minimum atomic E-state index is -0.718. The highest BCUT2D eigenvalue weighted by Gasteiger charge is 2.34. The molecule has 3 heterocycles. The summed E-state index contributed by atoms with van der Waals surface area (Å²) in [5.74, 6) is -1.13. The summed E-state index contributed by atoms with van der Waals surface area (Å²) >= 11 is 0.977. The fourth-order valence-corrected chi connectivity index (χ4v) is 4.40. The Kier molecular flexibility index (Phi) is 4.35. The third-order valence-corrected chi connectivity index (χ3v) is 6.00. The molecule has 10 nitrogen and oxygen atoms in total. The van der Waals surface area contributed by atoms with Gasteiger partial charge in [-0.15, -0.1) is 11.3 Å². The first-order valence-corrected chi connectivity index (χ1v) is 9.71. The van der Waals surface area contributed by atoms with Crippen molar-refractivity contribution in [1.29, 1.82) is 0 Å². The second-order valence-corrected chi connectivity index (χ2v) is 7.66. The Balaban J connectivity index is 2.08. The van der Waals surface area contributed by atoms with Gasteiger partial charge >= 0.3 is 5.69 Å². The van der Waals surface area contributed by atoms with Gasteiger partial charge in [0.25, 0.3) is 11.2 Å². The fourth-order valence-electron chi connectivity index (χ4n) is 3.53. The summed E-state index contributed by atoms with van der Waals surface area (Å²) in [6.45, 7) is 1.74. The number of Topliss-reactive ketones (excluding diaryl/α,β-unsaturated/α-hetero) is 1. The Bertz CT molecular complexity index is 1460. The van der Waals surface area contributed by atoms with Crippen molar-refractivity contribution < 1.29 is 14.5 Å². The van der Waals surface area contributed by atoms with Crippen molar-refractivity contribution in [3.63, 3.8) is 0 Å². The van der Waals surface area contributed by atoms with E-state index < -0.39 is 27.7 Å². The summed E-state index contributed by atoms with van der Waals surface area (Å²) in [7, 11) is 2.72. The van der Waals surface area contributed by atoms with Gasteiger partial charge in [0.2, 0.25) is 0 Å². The van der Waals surface area contributed by atoms with Crippen LogP contribution in [0, 0.1) is 10.1 Å². The van der Waals surface area contributed by atoms with Gasteiger partial charge in [-0.25, -0.2) is 9.78 Å². The molecule has 0 unspecified atom stereocenters. The average molecular weight is 426 g/mol. The molecule has 0 atom stereocenters. The van der Waals surface area contributed by atoms with E-state index in [4.69, 9.17) is 0 Å². The van der Waals surface area contributed by atoms with E-state index >= 15 is 0 Å². The zero-order chi connectivity index (χ0) is 21.9. The van der Waals surface area contributed by atoms with Gasteiger partial charge in [0.1, 0.15) is 5.65 Å². The van der Waals surface area contributed by atoms with Gasteiger partial charge in [-0.05, 0) is 12.5 Å². The van der Waals surface area contributed by atoms with Gasteiger partial charge in [-0.1, -0.05) is 6.92 Å². The van der Waals surface area contributed by atoms with Crippen LogP contribution in [0.5, 0.6) is 0 Å². The topological polar surface area (TPSA) is 134 Å². The fraction of sp³-hybridized carbons (Fsp3) is 0.211. The van der Waals surface area contributed by atoms with E-state index in [0.717, 1.165) is 26.5 Å². The lowest BCUT2D eigenvalue weighted by molar-refractivity contribution is -0.384. The number of fused-ring (bicyclic) bond motifs is 3. The summed E-state index contributed by atoms with van der Waals surface area (Å²) in [5.41, 5.74) is -1.27. The van der Waals surface area contributed by atoms with E-state index in [1.807, 2.05) is 0 Å². The number of pyridine rings is 1. The van der Waals surface area contributed by atoms with Gasteiger partial charge in [-0.2, -0.15) is 0 Å². The van der Waals surface area contributed by atoms with Gasteiger partial charge in [0.05, 0.1) is 32.5 Å². The standard InChI is InChI=1S/C19H14N4O6S/c1-4-10-13-14(15-17(20-10)21(2)19(27)22(3)18(15)26)11(24)6-9(16(13)25)12-5-8(7-30-12)23(28)29/h5-7H,4H2,1-3H3. The molecule has 0 bridgehead atoms. The Labute approximate surface area is 171 Å². The lowest BCUT2D eigenvalue weighted by Gasteiger charge is -2.19. The summed E-state index contributed by atoms with van der Waals surface area (Å²) in [4.78, 5) is 66.5. The molecule has 1 aliphatic rings. The molecule has 0 aromatic carbocycles. The molecule has 0 saturated heterocycles. The molecule has 0 radical (unpaired) electrons. The summed E-state index contributed by atoms with van der Waals surface area (Å²) in [6, 6.07) is 1.23. The van der Waals surface area contributed by atoms with Crippen LogP contribution >= 0.6 is 11.3 Å². The number of carbonyl (C=O) groups excluding carboxylic acids is 2. The molecule has 11 heteroatoms. The normalized spacial score (nSPS) is 13.5. The maximum absolute atomic E-state index is 13.3. The summed E-state index contributed by atoms with van der Waals surface area (Å²) < 4.78 is 2.02. The zero-order valence-corrected chi connectivity index (χ0v) is 16.9. The molecule has 3 aromatic heterocycles. The molecule has 4 rings (SSSR count). The number of hydrogen-bond donors (Lipinski definition) is 0. The van der Waals surface area contributed by atoms with Gasteiger partial charge in [0, 0.05) is 30.6 Å². The molecular formula is C19H14N4O6S. The first-order chi connectivity index (χ1) is 14.2. The smallest absolute Gasteiger partial charge is 0.289 e. The molecular weight excluding hydrogens is 412 g/mol. The Morgan fingerprint density at radius 3 is 2.43 bits per heavy atom. The van der Waals surface area contributed by atoms with Crippen molar-refractivity contribution in [3.8, 4) is 0 Å². The van der Waals surface area contributed by atoms with Gasteiger partial charge in [-0.3, -0.25) is 33.6 Å². The molecule has 0 fully saturated rings. The average Bonchev–Trinajstić information content (AvgIpc) is 3.22. The number of hydrogen-bond acceptors (Lipinski definition) is 8. The maximum Gasteiger partial charge on any atom is 0.332 e. The second kappa shape index (κ2) is 6.66. The van der Waals surface area contributed by atoms with Crippen LogP contribution in [-0.2, 0) is 20.5 Å². The molecule has 0 N–H and O–H groups in total. The summed E-state index contributed by atoms with van der Waals surface area (Å²) in [5, 5.41) is 12.2. The zero-order valence-electron chi connectivity index (χ0n) is 16.1. The molecule has 1 aliphatic carbocycles. The van der Waals surface area contributed by atoms with Crippen LogP contribution in [0.3, 0.4) is 0 Å². The lowest BCUT2D eigenvalue weighted by Crippen LogP contribution is -2.39.